The van der Waals surface area contributed by atoms with Crippen molar-refractivity contribution in [3.8, 4) is 11.5 Å². The quantitative estimate of drug-likeness (QED) is 0.763. The Hall–Kier alpha value is -2.79. The highest BCUT2D eigenvalue weighted by Gasteiger charge is 2.23. The fraction of sp³-hybridized carbons (Fsp3) is 0.375. The van der Waals surface area contributed by atoms with E-state index in [1.54, 1.807) is 6.08 Å². The average Bonchev–Trinajstić information content (AvgIpc) is 3.21. The third kappa shape index (κ3) is 4.80. The molecule has 0 atom stereocenters. The maximum atomic E-state index is 12.6. The molecule has 0 unspecified atom stereocenters. The smallest absolute Gasteiger partial charge is 0.246 e. The number of hydrogen-bond donors (Lipinski definition) is 1. The lowest BCUT2D eigenvalue weighted by molar-refractivity contribution is -0.917. The van der Waals surface area contributed by atoms with Gasteiger partial charge >= 0.3 is 0 Å². The van der Waals surface area contributed by atoms with Crippen LogP contribution in [0.3, 0.4) is 0 Å². The molecule has 1 N–H and O–H groups in total. The molecule has 2 aliphatic heterocycles. The second kappa shape index (κ2) is 9.14. The summed E-state index contributed by atoms with van der Waals surface area (Å²) < 4.78 is 11.2. The molecule has 0 saturated carbocycles. The third-order valence-corrected chi connectivity index (χ3v) is 5.61. The van der Waals surface area contributed by atoms with Gasteiger partial charge in [-0.25, -0.2) is 0 Å². The Morgan fingerprint density at radius 2 is 2.03 bits per heavy atom. The zero-order chi connectivity index (χ0) is 20.1. The predicted octanol–water partition coefficient (Wildman–Crippen LogP) is 1.96. The molecule has 0 aromatic heterocycles. The first-order valence-electron chi connectivity index (χ1n) is 10.5. The molecule has 1 fully saturated rings. The van der Waals surface area contributed by atoms with Crippen LogP contribution in [-0.2, 0) is 17.8 Å². The van der Waals surface area contributed by atoms with Crippen molar-refractivity contribution < 1.29 is 19.2 Å². The van der Waals surface area contributed by atoms with Gasteiger partial charge in [0.2, 0.25) is 5.91 Å². The number of quaternary nitrogens is 1. The second-order valence-electron chi connectivity index (χ2n) is 7.60. The molecule has 29 heavy (non-hydrogen) atoms. The first kappa shape index (κ1) is 19.5. The fourth-order valence-electron chi connectivity index (χ4n) is 4.03. The van der Waals surface area contributed by atoms with Gasteiger partial charge in [-0.05, 0) is 42.8 Å². The van der Waals surface area contributed by atoms with E-state index in [2.05, 4.69) is 18.2 Å². The number of nitrogens with zero attached hydrogens (tertiary/aromatic N) is 1. The number of hydrogen-bond acceptors (Lipinski definition) is 3. The number of carbonyl (C=O) groups excluding carboxylic acids is 1. The summed E-state index contributed by atoms with van der Waals surface area (Å²) in [6.07, 6.45) is 4.54. The SMILES string of the molecule is CCOc1ccccc1/C=C/C(=O)N1CC[NH+](Cc2ccc3c(c2)CCO3)CC1. The zero-order valence-corrected chi connectivity index (χ0v) is 17.0. The van der Waals surface area contributed by atoms with Gasteiger partial charge in [-0.2, -0.15) is 0 Å². The monoisotopic (exact) mass is 393 g/mol. The van der Waals surface area contributed by atoms with Crippen LogP contribution in [0.25, 0.3) is 6.08 Å². The van der Waals surface area contributed by atoms with Crippen molar-refractivity contribution in [2.75, 3.05) is 39.4 Å². The van der Waals surface area contributed by atoms with E-state index >= 15 is 0 Å². The number of amides is 1. The molecule has 152 valence electrons. The summed E-state index contributed by atoms with van der Waals surface area (Å²) in [5.41, 5.74) is 3.62. The number of carbonyl (C=O) groups is 1. The van der Waals surface area contributed by atoms with Crippen LogP contribution in [0.4, 0.5) is 0 Å². The van der Waals surface area contributed by atoms with Gasteiger partial charge in [0.1, 0.15) is 18.0 Å². The van der Waals surface area contributed by atoms with Gasteiger partial charge in [-0.3, -0.25) is 4.79 Å². The molecule has 0 radical (unpaired) electrons. The average molecular weight is 394 g/mol. The minimum atomic E-state index is 0.0741. The summed E-state index contributed by atoms with van der Waals surface area (Å²) in [7, 11) is 0. The molecule has 0 spiro atoms. The lowest BCUT2D eigenvalue weighted by Gasteiger charge is -2.31. The van der Waals surface area contributed by atoms with Gasteiger partial charge in [0.05, 0.1) is 39.4 Å². The van der Waals surface area contributed by atoms with Crippen LogP contribution in [0.2, 0.25) is 0 Å². The standard InChI is InChI=1S/C24H28N2O3/c1-2-28-22-6-4-3-5-20(22)8-10-24(27)26-14-12-25(13-15-26)18-19-7-9-23-21(17-19)11-16-29-23/h3-10,17H,2,11-16,18H2,1H3/p+1/b10-8+. The lowest BCUT2D eigenvalue weighted by Crippen LogP contribution is -3.13. The summed E-state index contributed by atoms with van der Waals surface area (Å²) in [6.45, 7) is 7.91. The molecule has 2 heterocycles. The van der Waals surface area contributed by atoms with Gasteiger partial charge in [0, 0.05) is 23.6 Å². The highest BCUT2D eigenvalue weighted by atomic mass is 16.5. The molecule has 1 saturated heterocycles. The molecule has 2 aliphatic rings. The van der Waals surface area contributed by atoms with Crippen LogP contribution in [0.5, 0.6) is 11.5 Å². The molecule has 2 aromatic carbocycles. The number of fused-ring (bicyclic) bond motifs is 1. The third-order valence-electron chi connectivity index (χ3n) is 5.61. The summed E-state index contributed by atoms with van der Waals surface area (Å²) >= 11 is 0. The van der Waals surface area contributed by atoms with Crippen molar-refractivity contribution in [3.05, 3.63) is 65.2 Å². The van der Waals surface area contributed by atoms with Gasteiger partial charge < -0.3 is 19.3 Å². The molecule has 5 heteroatoms. The Morgan fingerprint density at radius 3 is 2.86 bits per heavy atom. The minimum absolute atomic E-state index is 0.0741. The van der Waals surface area contributed by atoms with Gasteiger partial charge in [-0.15, -0.1) is 0 Å². The lowest BCUT2D eigenvalue weighted by atomic mass is 10.1. The van der Waals surface area contributed by atoms with Crippen molar-refractivity contribution in [3.63, 3.8) is 0 Å². The molecule has 0 aliphatic carbocycles. The van der Waals surface area contributed by atoms with Crippen LogP contribution in [0.15, 0.2) is 48.5 Å². The second-order valence-corrected chi connectivity index (χ2v) is 7.60. The topological polar surface area (TPSA) is 43.2 Å². The predicted molar refractivity (Wildman–Crippen MR) is 113 cm³/mol. The largest absolute Gasteiger partial charge is 0.493 e. The summed E-state index contributed by atoms with van der Waals surface area (Å²) in [4.78, 5) is 16.1. The minimum Gasteiger partial charge on any atom is -0.493 e. The van der Waals surface area contributed by atoms with Crippen molar-refractivity contribution >= 4 is 12.0 Å². The maximum absolute atomic E-state index is 12.6. The Bertz CT molecular complexity index is 885. The number of ether oxygens (including phenoxy) is 2. The van der Waals surface area contributed by atoms with E-state index in [0.29, 0.717) is 6.61 Å². The Balaban J connectivity index is 1.29. The van der Waals surface area contributed by atoms with Gasteiger partial charge in [-0.1, -0.05) is 18.2 Å². The normalized spacial score (nSPS) is 16.7. The number of rotatable bonds is 6. The van der Waals surface area contributed by atoms with E-state index in [9.17, 15) is 4.79 Å². The first-order chi connectivity index (χ1) is 14.2. The number of para-hydroxylation sites is 1. The number of piperazine rings is 1. The summed E-state index contributed by atoms with van der Waals surface area (Å²) in [6, 6.07) is 14.4. The molecule has 1 amide bonds. The highest BCUT2D eigenvalue weighted by Crippen LogP contribution is 2.25. The number of benzene rings is 2. The maximum Gasteiger partial charge on any atom is 0.246 e. The van der Waals surface area contributed by atoms with Crippen molar-refractivity contribution in [1.82, 2.24) is 4.90 Å². The van der Waals surface area contributed by atoms with Crippen molar-refractivity contribution in [2.45, 2.75) is 19.9 Å². The van der Waals surface area contributed by atoms with Crippen LogP contribution in [0, 0.1) is 0 Å². The Labute approximate surface area is 172 Å². The van der Waals surface area contributed by atoms with E-state index in [-0.39, 0.29) is 5.91 Å². The van der Waals surface area contributed by atoms with Gasteiger partial charge in [0.15, 0.2) is 0 Å². The molecule has 0 bridgehead atoms. The Kier molecular flexibility index (Phi) is 6.15. The fourth-order valence-corrected chi connectivity index (χ4v) is 4.03. The van der Waals surface area contributed by atoms with E-state index < -0.39 is 0 Å². The van der Waals surface area contributed by atoms with E-state index in [4.69, 9.17) is 9.47 Å². The molecule has 2 aromatic rings. The van der Waals surface area contributed by atoms with Crippen LogP contribution < -0.4 is 14.4 Å². The highest BCUT2D eigenvalue weighted by molar-refractivity contribution is 5.92. The van der Waals surface area contributed by atoms with Crippen molar-refractivity contribution in [1.29, 1.82) is 0 Å². The van der Waals surface area contributed by atoms with E-state index in [1.165, 1.54) is 16.0 Å². The van der Waals surface area contributed by atoms with Crippen LogP contribution in [0.1, 0.15) is 23.6 Å². The van der Waals surface area contributed by atoms with Gasteiger partial charge in [0.25, 0.3) is 0 Å². The molecule has 5 nitrogen and oxygen atoms in total. The van der Waals surface area contributed by atoms with E-state index in [0.717, 1.165) is 62.8 Å². The number of nitrogens with one attached hydrogen (secondary N) is 1. The van der Waals surface area contributed by atoms with Crippen LogP contribution in [-0.4, -0.2) is 50.2 Å². The summed E-state index contributed by atoms with van der Waals surface area (Å²) in [5, 5.41) is 0. The molecular formula is C24H29N2O3+. The van der Waals surface area contributed by atoms with Crippen LogP contribution >= 0.6 is 0 Å². The summed E-state index contributed by atoms with van der Waals surface area (Å²) in [5.74, 6) is 1.93. The zero-order valence-electron chi connectivity index (χ0n) is 17.0. The molecular weight excluding hydrogens is 364 g/mol. The molecule has 4 rings (SSSR count). The van der Waals surface area contributed by atoms with E-state index in [1.807, 2.05) is 42.2 Å². The Morgan fingerprint density at radius 1 is 1.21 bits per heavy atom. The first-order valence-corrected chi connectivity index (χ1v) is 10.5. The van der Waals surface area contributed by atoms with Crippen molar-refractivity contribution in [2.24, 2.45) is 0 Å².